The van der Waals surface area contributed by atoms with E-state index in [4.69, 9.17) is 4.74 Å². The molecule has 4 N–H and O–H groups in total. The summed E-state index contributed by atoms with van der Waals surface area (Å²) in [5.41, 5.74) is 0.993. The Morgan fingerprint density at radius 3 is 2.27 bits per heavy atom. The van der Waals surface area contributed by atoms with Gasteiger partial charge in [0.25, 0.3) is 0 Å². The number of amides is 3. The van der Waals surface area contributed by atoms with E-state index in [2.05, 4.69) is 15.4 Å². The van der Waals surface area contributed by atoms with Gasteiger partial charge in [-0.15, -0.1) is 13.2 Å². The lowest BCUT2D eigenvalue weighted by Gasteiger charge is -2.42. The molecule has 4 fully saturated rings. The summed E-state index contributed by atoms with van der Waals surface area (Å²) in [5, 5.41) is 26.8. The fraction of sp³-hybridized carbons (Fsp3) is 0.531. The molecule has 4 aliphatic heterocycles. The van der Waals surface area contributed by atoms with Gasteiger partial charge >= 0.3 is 6.36 Å². The second kappa shape index (κ2) is 14.1. The maximum atomic E-state index is 14.2. The number of aliphatic hydroxyl groups is 2. The maximum Gasteiger partial charge on any atom is 0.573 e. The molecule has 2 aromatic rings. The first-order chi connectivity index (χ1) is 23.2. The van der Waals surface area contributed by atoms with Crippen LogP contribution in [0.25, 0.3) is 0 Å². The van der Waals surface area contributed by atoms with Crippen LogP contribution in [0.15, 0.2) is 42.5 Å². The van der Waals surface area contributed by atoms with E-state index >= 15 is 0 Å². The number of hydrogen-bond acceptors (Lipinski definition) is 9. The molecule has 7 atom stereocenters. The SMILES string of the molecule is O=C1C[C@@H]2O[C@H](CNC(=O)[C@@H]3CN(CCN3Cc3ccc(F)c(F)c3)C(=O)[C@@H]3C[C@@H](CN3Cc3ccc(OC(F)(F)F)cc3)N1)[C@@H](O)[C@H]2O. The molecule has 4 saturated heterocycles. The van der Waals surface area contributed by atoms with Crippen LogP contribution >= 0.6 is 0 Å². The molecule has 49 heavy (non-hydrogen) atoms. The molecule has 4 aliphatic rings. The largest absolute Gasteiger partial charge is 0.573 e. The Kier molecular flexibility index (Phi) is 10.1. The Labute approximate surface area is 277 Å². The van der Waals surface area contributed by atoms with E-state index in [1.807, 2.05) is 0 Å². The third-order valence-corrected chi connectivity index (χ3v) is 9.40. The van der Waals surface area contributed by atoms with Crippen LogP contribution in [-0.4, -0.2) is 124 Å². The van der Waals surface area contributed by atoms with Crippen LogP contribution in [0.3, 0.4) is 0 Å². The number of piperazine rings is 1. The number of alkyl halides is 3. The van der Waals surface area contributed by atoms with Gasteiger partial charge in [0.15, 0.2) is 11.6 Å². The van der Waals surface area contributed by atoms with Gasteiger partial charge in [-0.25, -0.2) is 8.78 Å². The number of ether oxygens (including phenoxy) is 2. The monoisotopic (exact) mass is 697 g/mol. The summed E-state index contributed by atoms with van der Waals surface area (Å²) in [5.74, 6) is -3.78. The van der Waals surface area contributed by atoms with E-state index in [0.717, 1.165) is 12.1 Å². The number of aliphatic hydroxyl groups excluding tert-OH is 2. The smallest absolute Gasteiger partial charge is 0.406 e. The molecule has 6 bridgehead atoms. The van der Waals surface area contributed by atoms with Crippen molar-refractivity contribution in [3.05, 3.63) is 65.2 Å². The molecule has 0 aromatic heterocycles. The van der Waals surface area contributed by atoms with Crippen molar-refractivity contribution in [1.29, 1.82) is 0 Å². The van der Waals surface area contributed by atoms with Gasteiger partial charge in [0.1, 0.15) is 30.1 Å². The Morgan fingerprint density at radius 1 is 0.857 bits per heavy atom. The quantitative estimate of drug-likeness (QED) is 0.331. The Hall–Kier alpha value is -3.90. The molecule has 0 unspecified atom stereocenters. The molecule has 0 saturated carbocycles. The van der Waals surface area contributed by atoms with Crippen molar-refractivity contribution in [2.45, 2.75) is 74.8 Å². The van der Waals surface area contributed by atoms with Crippen LogP contribution < -0.4 is 15.4 Å². The topological polar surface area (TPSA) is 144 Å². The second-order valence-corrected chi connectivity index (χ2v) is 12.8. The highest BCUT2D eigenvalue weighted by Gasteiger charge is 2.46. The lowest BCUT2D eigenvalue weighted by molar-refractivity contribution is -0.274. The highest BCUT2D eigenvalue weighted by atomic mass is 19.4. The van der Waals surface area contributed by atoms with Crippen molar-refractivity contribution < 1.29 is 56.0 Å². The minimum Gasteiger partial charge on any atom is -0.406 e. The number of carbonyl (C=O) groups is 3. The van der Waals surface area contributed by atoms with Crippen LogP contribution in [0.1, 0.15) is 24.0 Å². The van der Waals surface area contributed by atoms with E-state index in [1.54, 1.807) is 9.80 Å². The summed E-state index contributed by atoms with van der Waals surface area (Å²) in [7, 11) is 0. The lowest BCUT2D eigenvalue weighted by Crippen LogP contribution is -2.62. The second-order valence-electron chi connectivity index (χ2n) is 12.8. The molecule has 0 radical (unpaired) electrons. The first-order valence-electron chi connectivity index (χ1n) is 15.9. The number of nitrogens with one attached hydrogen (secondary N) is 2. The van der Waals surface area contributed by atoms with Crippen molar-refractivity contribution in [2.75, 3.05) is 32.7 Å². The fourth-order valence-electron chi connectivity index (χ4n) is 6.96. The van der Waals surface area contributed by atoms with Crippen molar-refractivity contribution >= 4 is 17.7 Å². The zero-order valence-corrected chi connectivity index (χ0v) is 26.1. The number of carbonyl (C=O) groups excluding carboxylic acids is 3. The number of likely N-dealkylation sites (tertiary alicyclic amines) is 1. The number of nitrogens with zero attached hydrogens (tertiary/aromatic N) is 3. The third kappa shape index (κ3) is 8.12. The standard InChI is InChI=1S/C32H36F5N5O7/c33-21-6-3-18(9-22(21)34)14-40-7-8-41-16-24(40)30(46)38-12-26-29(45)28(44)25(48-26)11-27(43)39-19-10-23(31(41)47)42(15-19)13-17-1-4-20(5-2-17)49-32(35,36)37/h1-6,9,19,23-26,28-29,44-45H,7-8,10-16H2,(H,38,46)(H,39,43)/t19-,23-,24-,25-,26+,28-,29+/m0/s1. The minimum atomic E-state index is -4.86. The maximum absolute atomic E-state index is 14.2. The van der Waals surface area contributed by atoms with Crippen LogP contribution in [-0.2, 0) is 32.2 Å². The summed E-state index contributed by atoms with van der Waals surface area (Å²) in [6, 6.07) is 6.43. The number of benzene rings is 2. The number of halogens is 5. The van der Waals surface area contributed by atoms with E-state index in [1.165, 1.54) is 35.2 Å². The summed E-state index contributed by atoms with van der Waals surface area (Å²) in [4.78, 5) is 45.9. The molecule has 4 heterocycles. The zero-order chi connectivity index (χ0) is 35.0. The third-order valence-electron chi connectivity index (χ3n) is 9.40. The lowest BCUT2D eigenvalue weighted by atomic mass is 10.0. The Bertz CT molecular complexity index is 1550. The Balaban J connectivity index is 1.26. The number of hydrogen-bond donors (Lipinski definition) is 4. The first-order valence-corrected chi connectivity index (χ1v) is 15.9. The van der Waals surface area contributed by atoms with Crippen LogP contribution in [0.2, 0.25) is 0 Å². The van der Waals surface area contributed by atoms with Gasteiger partial charge < -0.3 is 35.2 Å². The van der Waals surface area contributed by atoms with E-state index in [-0.39, 0.29) is 64.6 Å². The average Bonchev–Trinajstić information content (AvgIpc) is 3.56. The van der Waals surface area contributed by atoms with Crippen LogP contribution in [0.4, 0.5) is 22.0 Å². The minimum absolute atomic E-state index is 0.0678. The molecule has 2 aromatic carbocycles. The van der Waals surface area contributed by atoms with E-state index in [0.29, 0.717) is 11.1 Å². The van der Waals surface area contributed by atoms with Gasteiger partial charge in [-0.1, -0.05) is 18.2 Å². The van der Waals surface area contributed by atoms with E-state index in [9.17, 15) is 46.5 Å². The summed E-state index contributed by atoms with van der Waals surface area (Å²) in [6.07, 6.45) is -9.85. The molecule has 17 heteroatoms. The van der Waals surface area contributed by atoms with Gasteiger partial charge in [0.05, 0.1) is 18.6 Å². The predicted octanol–water partition coefficient (Wildman–Crippen LogP) is 0.645. The van der Waals surface area contributed by atoms with Gasteiger partial charge in [0.2, 0.25) is 17.7 Å². The molecule has 3 amide bonds. The first kappa shape index (κ1) is 34.9. The molecular formula is C32H36F5N5O7. The zero-order valence-electron chi connectivity index (χ0n) is 26.1. The summed E-state index contributed by atoms with van der Waals surface area (Å²) >= 11 is 0. The summed E-state index contributed by atoms with van der Waals surface area (Å²) in [6.45, 7) is 0.534. The van der Waals surface area contributed by atoms with Crippen molar-refractivity contribution in [3.8, 4) is 5.75 Å². The molecule has 266 valence electrons. The van der Waals surface area contributed by atoms with Gasteiger partial charge in [-0.2, -0.15) is 0 Å². The highest BCUT2D eigenvalue weighted by Crippen LogP contribution is 2.29. The van der Waals surface area contributed by atoms with Crippen LogP contribution in [0.5, 0.6) is 5.75 Å². The predicted molar refractivity (Wildman–Crippen MR) is 159 cm³/mol. The van der Waals surface area contributed by atoms with Crippen molar-refractivity contribution in [2.24, 2.45) is 0 Å². The normalized spacial score (nSPS) is 30.3. The van der Waals surface area contributed by atoms with Gasteiger partial charge in [-0.05, 0) is 41.8 Å². The molecule has 12 nitrogen and oxygen atoms in total. The number of rotatable bonds is 5. The van der Waals surface area contributed by atoms with Gasteiger partial charge in [-0.3, -0.25) is 24.2 Å². The molecule has 6 rings (SSSR count). The summed E-state index contributed by atoms with van der Waals surface area (Å²) < 4.78 is 75.4. The van der Waals surface area contributed by atoms with Crippen LogP contribution in [0, 0.1) is 11.6 Å². The molecule has 0 spiro atoms. The van der Waals surface area contributed by atoms with Gasteiger partial charge in [0, 0.05) is 51.9 Å². The van der Waals surface area contributed by atoms with E-state index < -0.39 is 78.1 Å². The fourth-order valence-corrected chi connectivity index (χ4v) is 6.96. The molecule has 0 aliphatic carbocycles. The number of fused-ring (bicyclic) bond motifs is 6. The van der Waals surface area contributed by atoms with Crippen molar-refractivity contribution in [1.82, 2.24) is 25.3 Å². The highest BCUT2D eigenvalue weighted by molar-refractivity contribution is 5.86. The Morgan fingerprint density at radius 2 is 1.55 bits per heavy atom. The molecular weight excluding hydrogens is 661 g/mol. The average molecular weight is 698 g/mol. The van der Waals surface area contributed by atoms with Crippen molar-refractivity contribution in [3.63, 3.8) is 0 Å².